The average Bonchev–Trinajstić information content (AvgIpc) is 2.40. The number of rotatable bonds is 6. The van der Waals surface area contributed by atoms with Gasteiger partial charge in [0.25, 0.3) is 0 Å². The molecule has 5 nitrogen and oxygen atoms in total. The Labute approximate surface area is 112 Å². The van der Waals surface area contributed by atoms with Crippen molar-refractivity contribution in [1.29, 1.82) is 0 Å². The van der Waals surface area contributed by atoms with Gasteiger partial charge in [0.1, 0.15) is 0 Å². The van der Waals surface area contributed by atoms with Gasteiger partial charge in [0.05, 0.1) is 27.4 Å². The van der Waals surface area contributed by atoms with Gasteiger partial charge in [-0.05, 0) is 17.7 Å². The first-order chi connectivity index (χ1) is 9.22. The average molecular weight is 265 g/mol. The molecule has 5 heteroatoms. The van der Waals surface area contributed by atoms with Crippen molar-refractivity contribution in [2.24, 2.45) is 5.92 Å². The Morgan fingerprint density at radius 1 is 1.32 bits per heavy atom. The standard InChI is InChI=1S/C14H19NO4/c1-17-12-4-3-10(5-13(12)18-2)7-15-14(16)6-11-8-19-9-11/h3-5,11H,6-9H2,1-2H3,(H,15,16). The predicted molar refractivity (Wildman–Crippen MR) is 70.3 cm³/mol. The van der Waals surface area contributed by atoms with E-state index in [1.807, 2.05) is 18.2 Å². The maximum Gasteiger partial charge on any atom is 0.220 e. The van der Waals surface area contributed by atoms with Crippen LogP contribution in [0.1, 0.15) is 12.0 Å². The summed E-state index contributed by atoms with van der Waals surface area (Å²) in [6, 6.07) is 5.61. The Hall–Kier alpha value is -1.75. The lowest BCUT2D eigenvalue weighted by atomic mass is 10.0. The highest BCUT2D eigenvalue weighted by atomic mass is 16.5. The van der Waals surface area contributed by atoms with Gasteiger partial charge in [0.15, 0.2) is 11.5 Å². The van der Waals surface area contributed by atoms with Crippen molar-refractivity contribution in [3.63, 3.8) is 0 Å². The molecule has 1 saturated heterocycles. The number of ether oxygens (including phenoxy) is 3. The van der Waals surface area contributed by atoms with Gasteiger partial charge in [0.2, 0.25) is 5.91 Å². The van der Waals surface area contributed by atoms with E-state index >= 15 is 0 Å². The molecule has 1 fully saturated rings. The minimum atomic E-state index is 0.0584. The van der Waals surface area contributed by atoms with E-state index in [2.05, 4.69) is 5.32 Å². The van der Waals surface area contributed by atoms with Gasteiger partial charge in [-0.15, -0.1) is 0 Å². The number of benzene rings is 1. The van der Waals surface area contributed by atoms with Gasteiger partial charge in [-0.1, -0.05) is 6.07 Å². The van der Waals surface area contributed by atoms with Crippen LogP contribution >= 0.6 is 0 Å². The van der Waals surface area contributed by atoms with Crippen LogP contribution in [-0.2, 0) is 16.1 Å². The van der Waals surface area contributed by atoms with Gasteiger partial charge in [-0.3, -0.25) is 4.79 Å². The zero-order chi connectivity index (χ0) is 13.7. The van der Waals surface area contributed by atoms with E-state index in [-0.39, 0.29) is 5.91 Å². The van der Waals surface area contributed by atoms with Crippen LogP contribution in [0, 0.1) is 5.92 Å². The van der Waals surface area contributed by atoms with Crippen LogP contribution in [0.15, 0.2) is 18.2 Å². The molecule has 0 saturated carbocycles. The summed E-state index contributed by atoms with van der Waals surface area (Å²) in [6.45, 7) is 1.89. The maximum atomic E-state index is 11.7. The Morgan fingerprint density at radius 2 is 2.05 bits per heavy atom. The molecule has 0 unspecified atom stereocenters. The quantitative estimate of drug-likeness (QED) is 0.843. The molecule has 0 aromatic heterocycles. The highest BCUT2D eigenvalue weighted by Gasteiger charge is 2.21. The number of methoxy groups -OCH3 is 2. The van der Waals surface area contributed by atoms with E-state index in [4.69, 9.17) is 14.2 Å². The number of hydrogen-bond donors (Lipinski definition) is 1. The summed E-state index contributed by atoms with van der Waals surface area (Å²) in [5.74, 6) is 1.79. The first-order valence-electron chi connectivity index (χ1n) is 6.28. The number of carbonyl (C=O) groups excluding carboxylic acids is 1. The predicted octanol–water partition coefficient (Wildman–Crippen LogP) is 1.36. The molecule has 0 atom stereocenters. The summed E-state index contributed by atoms with van der Waals surface area (Å²) in [7, 11) is 3.19. The third-order valence-corrected chi connectivity index (χ3v) is 3.12. The summed E-state index contributed by atoms with van der Waals surface area (Å²) in [5, 5.41) is 2.90. The highest BCUT2D eigenvalue weighted by Crippen LogP contribution is 2.27. The Balaban J connectivity index is 1.86. The molecule has 1 N–H and O–H groups in total. The van der Waals surface area contributed by atoms with Crippen molar-refractivity contribution in [1.82, 2.24) is 5.32 Å². The van der Waals surface area contributed by atoms with Crippen LogP contribution in [0.5, 0.6) is 11.5 Å². The van der Waals surface area contributed by atoms with E-state index in [0.29, 0.717) is 43.6 Å². The summed E-state index contributed by atoms with van der Waals surface area (Å²) >= 11 is 0. The lowest BCUT2D eigenvalue weighted by Crippen LogP contribution is -2.34. The first-order valence-corrected chi connectivity index (χ1v) is 6.28. The van der Waals surface area contributed by atoms with Crippen LogP contribution in [0.4, 0.5) is 0 Å². The molecule has 1 amide bonds. The molecule has 19 heavy (non-hydrogen) atoms. The highest BCUT2D eigenvalue weighted by molar-refractivity contribution is 5.76. The maximum absolute atomic E-state index is 11.7. The lowest BCUT2D eigenvalue weighted by molar-refractivity contribution is -0.126. The molecule has 1 aromatic rings. The van der Waals surface area contributed by atoms with Crippen molar-refractivity contribution in [2.75, 3.05) is 27.4 Å². The minimum Gasteiger partial charge on any atom is -0.493 e. The second-order valence-electron chi connectivity index (χ2n) is 4.57. The summed E-state index contributed by atoms with van der Waals surface area (Å²) in [5.41, 5.74) is 0.982. The van der Waals surface area contributed by atoms with Crippen molar-refractivity contribution in [3.05, 3.63) is 23.8 Å². The number of nitrogens with one attached hydrogen (secondary N) is 1. The fourth-order valence-corrected chi connectivity index (χ4v) is 1.93. The lowest BCUT2D eigenvalue weighted by Gasteiger charge is -2.25. The van der Waals surface area contributed by atoms with Gasteiger partial charge < -0.3 is 19.5 Å². The molecular formula is C14H19NO4. The topological polar surface area (TPSA) is 56.8 Å². The molecule has 1 aromatic carbocycles. The number of carbonyl (C=O) groups is 1. The second-order valence-corrected chi connectivity index (χ2v) is 4.57. The molecule has 2 rings (SSSR count). The zero-order valence-corrected chi connectivity index (χ0v) is 11.3. The molecular weight excluding hydrogens is 246 g/mol. The molecule has 1 aliphatic heterocycles. The van der Waals surface area contributed by atoms with Crippen molar-refractivity contribution in [3.8, 4) is 11.5 Å². The fourth-order valence-electron chi connectivity index (χ4n) is 1.93. The molecule has 0 bridgehead atoms. The van der Waals surface area contributed by atoms with Gasteiger partial charge in [-0.25, -0.2) is 0 Å². The smallest absolute Gasteiger partial charge is 0.220 e. The van der Waals surface area contributed by atoms with Crippen LogP contribution in [0.2, 0.25) is 0 Å². The molecule has 104 valence electrons. The van der Waals surface area contributed by atoms with Gasteiger partial charge >= 0.3 is 0 Å². The molecule has 0 spiro atoms. The Bertz CT molecular complexity index is 443. The summed E-state index contributed by atoms with van der Waals surface area (Å²) in [6.07, 6.45) is 0.535. The molecule has 1 heterocycles. The van der Waals surface area contributed by atoms with E-state index in [1.165, 1.54) is 0 Å². The molecule has 0 radical (unpaired) electrons. The van der Waals surface area contributed by atoms with Crippen LogP contribution in [-0.4, -0.2) is 33.3 Å². The normalized spacial score (nSPS) is 14.6. The van der Waals surface area contributed by atoms with E-state index in [9.17, 15) is 4.79 Å². The fraction of sp³-hybridized carbons (Fsp3) is 0.500. The van der Waals surface area contributed by atoms with Crippen LogP contribution < -0.4 is 14.8 Å². The van der Waals surface area contributed by atoms with Crippen molar-refractivity contribution < 1.29 is 19.0 Å². The monoisotopic (exact) mass is 265 g/mol. The van der Waals surface area contributed by atoms with Crippen molar-refractivity contribution >= 4 is 5.91 Å². The number of hydrogen-bond acceptors (Lipinski definition) is 4. The van der Waals surface area contributed by atoms with Gasteiger partial charge in [-0.2, -0.15) is 0 Å². The third-order valence-electron chi connectivity index (χ3n) is 3.12. The van der Waals surface area contributed by atoms with E-state index < -0.39 is 0 Å². The SMILES string of the molecule is COc1ccc(CNC(=O)CC2COC2)cc1OC. The largest absolute Gasteiger partial charge is 0.493 e. The minimum absolute atomic E-state index is 0.0584. The number of amides is 1. The Kier molecular flexibility index (Phi) is 4.63. The van der Waals surface area contributed by atoms with Crippen LogP contribution in [0.25, 0.3) is 0 Å². The van der Waals surface area contributed by atoms with E-state index in [1.54, 1.807) is 14.2 Å². The van der Waals surface area contributed by atoms with Crippen molar-refractivity contribution in [2.45, 2.75) is 13.0 Å². The third kappa shape index (κ3) is 3.61. The summed E-state index contributed by atoms with van der Waals surface area (Å²) in [4.78, 5) is 11.7. The second kappa shape index (κ2) is 6.43. The molecule has 0 aliphatic carbocycles. The molecule has 1 aliphatic rings. The zero-order valence-electron chi connectivity index (χ0n) is 11.3. The summed E-state index contributed by atoms with van der Waals surface area (Å²) < 4.78 is 15.4. The van der Waals surface area contributed by atoms with E-state index in [0.717, 1.165) is 5.56 Å². The Morgan fingerprint density at radius 3 is 2.63 bits per heavy atom. The van der Waals surface area contributed by atoms with Gasteiger partial charge in [0, 0.05) is 18.9 Å². The first kappa shape index (κ1) is 13.7. The van der Waals surface area contributed by atoms with Crippen LogP contribution in [0.3, 0.4) is 0 Å².